The molecule has 0 unspecified atom stereocenters. The second-order valence-electron chi connectivity index (χ2n) is 5.14. The van der Waals surface area contributed by atoms with Crippen LogP contribution in [-0.2, 0) is 4.79 Å². The van der Waals surface area contributed by atoms with Crippen LogP contribution in [-0.4, -0.2) is 25.0 Å². The normalized spacial score (nSPS) is 11.5. The molecule has 0 aromatic heterocycles. The molecule has 7 heteroatoms. The molecule has 0 aliphatic heterocycles. The lowest BCUT2D eigenvalue weighted by Crippen LogP contribution is -2.32. The van der Waals surface area contributed by atoms with E-state index in [1.54, 1.807) is 56.5 Å². The van der Waals surface area contributed by atoms with E-state index in [0.717, 1.165) is 0 Å². The fourth-order valence-corrected chi connectivity index (χ4v) is 2.23. The smallest absolute Gasteiger partial charge is 0.248 e. The summed E-state index contributed by atoms with van der Waals surface area (Å²) in [4.78, 5) is 23.3. The van der Waals surface area contributed by atoms with Crippen LogP contribution < -0.4 is 21.1 Å². The molecule has 24 heavy (non-hydrogen) atoms. The number of primary amides is 1. The summed E-state index contributed by atoms with van der Waals surface area (Å²) in [6.07, 6.45) is 0. The predicted molar refractivity (Wildman–Crippen MR) is 94.7 cm³/mol. The summed E-state index contributed by atoms with van der Waals surface area (Å²) < 4.78 is 5.24. The molecule has 2 rings (SSSR count). The van der Waals surface area contributed by atoms with Crippen LogP contribution in [0.3, 0.4) is 0 Å². The largest absolute Gasteiger partial charge is 0.495 e. The van der Waals surface area contributed by atoms with E-state index in [1.807, 2.05) is 0 Å². The van der Waals surface area contributed by atoms with Crippen molar-refractivity contribution in [3.05, 3.63) is 53.1 Å². The third-order valence-electron chi connectivity index (χ3n) is 3.36. The first-order valence-electron chi connectivity index (χ1n) is 7.21. The van der Waals surface area contributed by atoms with Gasteiger partial charge in [0.1, 0.15) is 11.8 Å². The Bertz CT molecular complexity index is 747. The SMILES string of the molecule is COc1ccc(Cl)cc1N[C@@H](C)C(=O)Nc1ccc(C(N)=O)cc1. The highest BCUT2D eigenvalue weighted by Gasteiger charge is 2.15. The van der Waals surface area contributed by atoms with E-state index in [2.05, 4.69) is 10.6 Å². The van der Waals surface area contributed by atoms with Crippen molar-refractivity contribution in [1.82, 2.24) is 0 Å². The zero-order valence-electron chi connectivity index (χ0n) is 13.3. The molecule has 0 heterocycles. The van der Waals surface area contributed by atoms with Gasteiger partial charge < -0.3 is 21.1 Å². The first-order valence-corrected chi connectivity index (χ1v) is 7.59. The summed E-state index contributed by atoms with van der Waals surface area (Å²) in [5, 5.41) is 6.34. The van der Waals surface area contributed by atoms with E-state index in [9.17, 15) is 9.59 Å². The average Bonchev–Trinajstić information content (AvgIpc) is 2.55. The van der Waals surface area contributed by atoms with Crippen LogP contribution >= 0.6 is 11.6 Å². The molecule has 1 atom stereocenters. The Kier molecular flexibility index (Phi) is 5.65. The number of carbonyl (C=O) groups excluding carboxylic acids is 2. The molecule has 126 valence electrons. The lowest BCUT2D eigenvalue weighted by atomic mass is 10.2. The zero-order chi connectivity index (χ0) is 17.7. The molecule has 6 nitrogen and oxygen atoms in total. The van der Waals surface area contributed by atoms with Gasteiger partial charge in [-0.3, -0.25) is 9.59 Å². The number of hydrogen-bond donors (Lipinski definition) is 3. The zero-order valence-corrected chi connectivity index (χ0v) is 14.1. The van der Waals surface area contributed by atoms with Gasteiger partial charge in [-0.15, -0.1) is 0 Å². The fourth-order valence-electron chi connectivity index (χ4n) is 2.06. The minimum Gasteiger partial charge on any atom is -0.495 e. The van der Waals surface area contributed by atoms with Gasteiger partial charge in [0.2, 0.25) is 11.8 Å². The van der Waals surface area contributed by atoms with E-state index in [4.69, 9.17) is 22.1 Å². The monoisotopic (exact) mass is 347 g/mol. The Hall–Kier alpha value is -2.73. The van der Waals surface area contributed by atoms with Crippen molar-refractivity contribution in [2.24, 2.45) is 5.73 Å². The van der Waals surface area contributed by atoms with Gasteiger partial charge in [0, 0.05) is 16.3 Å². The maximum absolute atomic E-state index is 12.3. The molecule has 0 aliphatic rings. The molecule has 0 spiro atoms. The van der Waals surface area contributed by atoms with Gasteiger partial charge >= 0.3 is 0 Å². The molecule has 0 saturated carbocycles. The van der Waals surface area contributed by atoms with Gasteiger partial charge in [-0.1, -0.05) is 11.6 Å². The second kappa shape index (κ2) is 7.70. The average molecular weight is 348 g/mol. The van der Waals surface area contributed by atoms with Crippen LogP contribution in [0.2, 0.25) is 5.02 Å². The highest BCUT2D eigenvalue weighted by atomic mass is 35.5. The van der Waals surface area contributed by atoms with Crippen molar-refractivity contribution < 1.29 is 14.3 Å². The number of carbonyl (C=O) groups is 2. The summed E-state index contributed by atoms with van der Waals surface area (Å²) in [5.41, 5.74) is 6.75. The Morgan fingerprint density at radius 2 is 1.83 bits per heavy atom. The number of nitrogens with two attached hydrogens (primary N) is 1. The Balaban J connectivity index is 2.04. The number of hydrogen-bond acceptors (Lipinski definition) is 4. The molecule has 4 N–H and O–H groups in total. The number of methoxy groups -OCH3 is 1. The van der Waals surface area contributed by atoms with Crippen LogP contribution in [0.4, 0.5) is 11.4 Å². The van der Waals surface area contributed by atoms with E-state index < -0.39 is 11.9 Å². The number of anilines is 2. The van der Waals surface area contributed by atoms with E-state index in [1.165, 1.54) is 0 Å². The van der Waals surface area contributed by atoms with Gasteiger partial charge in [-0.2, -0.15) is 0 Å². The summed E-state index contributed by atoms with van der Waals surface area (Å²) in [7, 11) is 1.54. The second-order valence-corrected chi connectivity index (χ2v) is 5.58. The number of nitrogens with one attached hydrogen (secondary N) is 2. The number of ether oxygens (including phenoxy) is 1. The molecule has 0 radical (unpaired) electrons. The van der Waals surface area contributed by atoms with Gasteiger partial charge in [-0.25, -0.2) is 0 Å². The van der Waals surface area contributed by atoms with Crippen LogP contribution in [0.5, 0.6) is 5.75 Å². The minimum atomic E-state index is -0.534. The molecular formula is C17H18ClN3O3. The number of rotatable bonds is 6. The molecular weight excluding hydrogens is 330 g/mol. The number of amides is 2. The molecule has 2 amide bonds. The van der Waals surface area contributed by atoms with E-state index >= 15 is 0 Å². The number of halogens is 1. The summed E-state index contributed by atoms with van der Waals surface area (Å²) >= 11 is 5.97. The number of benzene rings is 2. The Labute approximate surface area is 144 Å². The van der Waals surface area contributed by atoms with Gasteiger partial charge in [-0.05, 0) is 49.4 Å². The Morgan fingerprint density at radius 3 is 2.42 bits per heavy atom. The van der Waals surface area contributed by atoms with Crippen LogP contribution in [0.15, 0.2) is 42.5 Å². The van der Waals surface area contributed by atoms with Gasteiger partial charge in [0.25, 0.3) is 0 Å². The van der Waals surface area contributed by atoms with Crippen molar-refractivity contribution in [3.8, 4) is 5.75 Å². The van der Waals surface area contributed by atoms with Gasteiger partial charge in [0.15, 0.2) is 0 Å². The summed E-state index contributed by atoms with van der Waals surface area (Å²) in [5.74, 6) is -0.176. The quantitative estimate of drug-likeness (QED) is 0.749. The first kappa shape index (κ1) is 17.6. The maximum Gasteiger partial charge on any atom is 0.248 e. The molecule has 0 bridgehead atoms. The molecule has 2 aromatic carbocycles. The maximum atomic E-state index is 12.3. The first-order chi connectivity index (χ1) is 11.4. The predicted octanol–water partition coefficient (Wildman–Crippen LogP) is 2.89. The lowest BCUT2D eigenvalue weighted by Gasteiger charge is -2.17. The summed E-state index contributed by atoms with van der Waals surface area (Å²) in [6, 6.07) is 10.9. The fraction of sp³-hybridized carbons (Fsp3) is 0.176. The molecule has 2 aromatic rings. The highest BCUT2D eigenvalue weighted by Crippen LogP contribution is 2.28. The third-order valence-corrected chi connectivity index (χ3v) is 3.60. The summed E-state index contributed by atoms with van der Waals surface area (Å²) in [6.45, 7) is 1.72. The standard InChI is InChI=1S/C17H18ClN3O3/c1-10(20-14-9-12(18)5-8-15(14)24-2)17(23)21-13-6-3-11(4-7-13)16(19)22/h3-10,20H,1-2H3,(H2,19,22)(H,21,23)/t10-/m0/s1. The Morgan fingerprint density at radius 1 is 1.17 bits per heavy atom. The van der Waals surface area contributed by atoms with E-state index in [0.29, 0.717) is 27.7 Å². The van der Waals surface area contributed by atoms with Crippen LogP contribution in [0.25, 0.3) is 0 Å². The lowest BCUT2D eigenvalue weighted by molar-refractivity contribution is -0.116. The third kappa shape index (κ3) is 4.39. The van der Waals surface area contributed by atoms with Crippen molar-refractivity contribution in [2.45, 2.75) is 13.0 Å². The molecule has 0 fully saturated rings. The van der Waals surface area contributed by atoms with Crippen molar-refractivity contribution in [2.75, 3.05) is 17.7 Å². The van der Waals surface area contributed by atoms with Crippen molar-refractivity contribution in [1.29, 1.82) is 0 Å². The van der Waals surface area contributed by atoms with Crippen LogP contribution in [0, 0.1) is 0 Å². The van der Waals surface area contributed by atoms with Crippen molar-refractivity contribution in [3.63, 3.8) is 0 Å². The van der Waals surface area contributed by atoms with Gasteiger partial charge in [0.05, 0.1) is 12.8 Å². The van der Waals surface area contributed by atoms with Crippen molar-refractivity contribution >= 4 is 34.8 Å². The van der Waals surface area contributed by atoms with Crippen LogP contribution in [0.1, 0.15) is 17.3 Å². The highest BCUT2D eigenvalue weighted by molar-refractivity contribution is 6.31. The molecule has 0 aliphatic carbocycles. The minimum absolute atomic E-state index is 0.246. The van der Waals surface area contributed by atoms with E-state index in [-0.39, 0.29) is 5.91 Å². The topological polar surface area (TPSA) is 93.4 Å². The molecule has 0 saturated heterocycles.